The lowest BCUT2D eigenvalue weighted by atomic mass is 10.0. The van der Waals surface area contributed by atoms with Gasteiger partial charge in [-0.2, -0.15) is 0 Å². The summed E-state index contributed by atoms with van der Waals surface area (Å²) in [6.07, 6.45) is 0.310. The summed E-state index contributed by atoms with van der Waals surface area (Å²) >= 11 is 0. The van der Waals surface area contributed by atoms with Crippen molar-refractivity contribution >= 4 is 17.7 Å². The van der Waals surface area contributed by atoms with Crippen LogP contribution in [0.25, 0.3) is 0 Å². The highest BCUT2D eigenvalue weighted by atomic mass is 16.6. The van der Waals surface area contributed by atoms with Gasteiger partial charge in [0.25, 0.3) is 0 Å². The van der Waals surface area contributed by atoms with Crippen molar-refractivity contribution in [3.8, 4) is 0 Å². The highest BCUT2D eigenvalue weighted by Gasteiger charge is 2.17. The molecule has 0 radical (unpaired) electrons. The molecule has 3 rings (SSSR count). The number of carbonyl (C=O) groups excluding carboxylic acids is 2. The van der Waals surface area contributed by atoms with Gasteiger partial charge in [-0.3, -0.25) is 0 Å². The normalized spacial score (nSPS) is 13.7. The fourth-order valence-electron chi connectivity index (χ4n) is 3.09. The molecule has 28 heavy (non-hydrogen) atoms. The summed E-state index contributed by atoms with van der Waals surface area (Å²) in [6.45, 7) is 2.90. The van der Waals surface area contributed by atoms with E-state index in [1.807, 2.05) is 36.4 Å². The number of carbonyl (C=O) groups is 2. The summed E-state index contributed by atoms with van der Waals surface area (Å²) in [6, 6.07) is 15.3. The number of benzene rings is 2. The Hall–Kier alpha value is -3.06. The molecule has 1 aliphatic heterocycles. The molecular weight excluding hydrogens is 358 g/mol. The van der Waals surface area contributed by atoms with E-state index >= 15 is 0 Å². The van der Waals surface area contributed by atoms with Gasteiger partial charge in [-0.15, -0.1) is 0 Å². The van der Waals surface area contributed by atoms with E-state index in [9.17, 15) is 9.59 Å². The second-order valence-corrected chi connectivity index (χ2v) is 6.49. The zero-order chi connectivity index (χ0) is 19.8. The standard InChI is InChI=1S/C21H25N3O4/c1-27-20(25)17-7-8-19(18(14-17)13-16-5-3-2-4-6-16)23-15-28-21(26)24-11-9-22-10-12-24/h2-8,14,22-23H,9-13,15H2,1H3. The maximum absolute atomic E-state index is 12.1. The number of hydrogen-bond donors (Lipinski definition) is 2. The number of nitrogens with one attached hydrogen (secondary N) is 2. The Balaban J connectivity index is 1.68. The highest BCUT2D eigenvalue weighted by molar-refractivity contribution is 5.90. The minimum absolute atomic E-state index is 0.0577. The average molecular weight is 383 g/mol. The number of piperazine rings is 1. The van der Waals surface area contributed by atoms with Crippen LogP contribution in [0.5, 0.6) is 0 Å². The largest absolute Gasteiger partial charge is 0.465 e. The van der Waals surface area contributed by atoms with E-state index in [4.69, 9.17) is 9.47 Å². The quantitative estimate of drug-likeness (QED) is 0.589. The number of esters is 1. The fourth-order valence-corrected chi connectivity index (χ4v) is 3.09. The minimum atomic E-state index is -0.383. The van der Waals surface area contributed by atoms with Crippen LogP contribution in [0.3, 0.4) is 0 Å². The second-order valence-electron chi connectivity index (χ2n) is 6.49. The molecule has 148 valence electrons. The van der Waals surface area contributed by atoms with Gasteiger partial charge in [0, 0.05) is 31.9 Å². The zero-order valence-electron chi connectivity index (χ0n) is 15.9. The summed E-state index contributed by atoms with van der Waals surface area (Å²) in [7, 11) is 1.36. The average Bonchev–Trinajstić information content (AvgIpc) is 2.75. The third-order valence-electron chi connectivity index (χ3n) is 4.60. The van der Waals surface area contributed by atoms with Gasteiger partial charge in [0.15, 0.2) is 6.73 Å². The summed E-state index contributed by atoms with van der Waals surface area (Å²) in [5.41, 5.74) is 3.33. The molecule has 2 aromatic carbocycles. The first-order valence-electron chi connectivity index (χ1n) is 9.29. The van der Waals surface area contributed by atoms with Crippen molar-refractivity contribution < 1.29 is 19.1 Å². The Morgan fingerprint density at radius 3 is 2.57 bits per heavy atom. The lowest BCUT2D eigenvalue weighted by molar-refractivity contribution is 0.0600. The van der Waals surface area contributed by atoms with E-state index in [2.05, 4.69) is 10.6 Å². The number of methoxy groups -OCH3 is 1. The van der Waals surface area contributed by atoms with Crippen molar-refractivity contribution in [2.45, 2.75) is 6.42 Å². The molecule has 1 amide bonds. The van der Waals surface area contributed by atoms with Crippen LogP contribution in [0.15, 0.2) is 48.5 Å². The van der Waals surface area contributed by atoms with Crippen LogP contribution in [0.4, 0.5) is 10.5 Å². The zero-order valence-corrected chi connectivity index (χ0v) is 15.9. The Morgan fingerprint density at radius 2 is 1.86 bits per heavy atom. The van der Waals surface area contributed by atoms with Gasteiger partial charge >= 0.3 is 12.1 Å². The number of nitrogens with zero attached hydrogens (tertiary/aromatic N) is 1. The van der Waals surface area contributed by atoms with E-state index in [1.165, 1.54) is 7.11 Å². The molecule has 7 heteroatoms. The van der Waals surface area contributed by atoms with Crippen LogP contribution in [0, 0.1) is 0 Å². The molecule has 7 nitrogen and oxygen atoms in total. The number of ether oxygens (including phenoxy) is 2. The summed E-state index contributed by atoms with van der Waals surface area (Å²) < 4.78 is 10.2. The van der Waals surface area contributed by atoms with E-state index < -0.39 is 0 Å². The molecular formula is C21H25N3O4. The van der Waals surface area contributed by atoms with E-state index in [0.29, 0.717) is 25.1 Å². The van der Waals surface area contributed by atoms with Gasteiger partial charge in [-0.1, -0.05) is 30.3 Å². The lowest BCUT2D eigenvalue weighted by Gasteiger charge is -2.26. The topological polar surface area (TPSA) is 79.9 Å². The van der Waals surface area contributed by atoms with Gasteiger partial charge in [0.1, 0.15) is 0 Å². The fraction of sp³-hybridized carbons (Fsp3) is 0.333. The van der Waals surface area contributed by atoms with Crippen molar-refractivity contribution in [3.63, 3.8) is 0 Å². The monoisotopic (exact) mass is 383 g/mol. The van der Waals surface area contributed by atoms with Crippen LogP contribution in [-0.2, 0) is 15.9 Å². The van der Waals surface area contributed by atoms with Crippen molar-refractivity contribution in [2.75, 3.05) is 45.3 Å². The van der Waals surface area contributed by atoms with Crippen molar-refractivity contribution in [1.29, 1.82) is 0 Å². The molecule has 0 bridgehead atoms. The lowest BCUT2D eigenvalue weighted by Crippen LogP contribution is -2.46. The predicted molar refractivity (Wildman–Crippen MR) is 106 cm³/mol. The number of hydrogen-bond acceptors (Lipinski definition) is 6. The Bertz CT molecular complexity index is 805. The molecule has 1 fully saturated rings. The van der Waals surface area contributed by atoms with Gasteiger partial charge in [0.2, 0.25) is 0 Å². The number of amides is 1. The summed E-state index contributed by atoms with van der Waals surface area (Å²) in [5.74, 6) is -0.383. The van der Waals surface area contributed by atoms with Gasteiger partial charge < -0.3 is 25.0 Å². The molecule has 1 saturated heterocycles. The smallest absolute Gasteiger partial charge is 0.411 e. The van der Waals surface area contributed by atoms with Crippen molar-refractivity contribution in [2.24, 2.45) is 0 Å². The minimum Gasteiger partial charge on any atom is -0.465 e. The molecule has 2 aromatic rings. The second kappa shape index (κ2) is 9.75. The van der Waals surface area contributed by atoms with Gasteiger partial charge in [0.05, 0.1) is 12.7 Å². The van der Waals surface area contributed by atoms with Crippen LogP contribution < -0.4 is 10.6 Å². The third-order valence-corrected chi connectivity index (χ3v) is 4.60. The molecule has 0 aliphatic carbocycles. The molecule has 0 atom stereocenters. The van der Waals surface area contributed by atoms with E-state index in [0.717, 1.165) is 29.9 Å². The van der Waals surface area contributed by atoms with Gasteiger partial charge in [-0.05, 0) is 35.7 Å². The van der Waals surface area contributed by atoms with Crippen molar-refractivity contribution in [3.05, 3.63) is 65.2 Å². The Kier molecular flexibility index (Phi) is 6.86. The summed E-state index contributed by atoms with van der Waals surface area (Å²) in [4.78, 5) is 25.7. The number of anilines is 1. The highest BCUT2D eigenvalue weighted by Crippen LogP contribution is 2.22. The maximum atomic E-state index is 12.1. The molecule has 1 aliphatic rings. The van der Waals surface area contributed by atoms with E-state index in [1.54, 1.807) is 17.0 Å². The van der Waals surface area contributed by atoms with Gasteiger partial charge in [-0.25, -0.2) is 9.59 Å². The molecule has 2 N–H and O–H groups in total. The Labute approximate surface area is 164 Å². The van der Waals surface area contributed by atoms with Crippen LogP contribution in [0.1, 0.15) is 21.5 Å². The number of rotatable bonds is 6. The first-order valence-corrected chi connectivity index (χ1v) is 9.29. The molecule has 1 heterocycles. The SMILES string of the molecule is COC(=O)c1ccc(NCOC(=O)N2CCNCC2)c(Cc2ccccc2)c1. The first-order chi connectivity index (χ1) is 13.7. The summed E-state index contributed by atoms with van der Waals surface area (Å²) in [5, 5.41) is 6.35. The van der Waals surface area contributed by atoms with Crippen LogP contribution >= 0.6 is 0 Å². The molecule has 0 saturated carbocycles. The molecule has 0 aromatic heterocycles. The van der Waals surface area contributed by atoms with Crippen LogP contribution in [-0.4, -0.2) is 57.0 Å². The van der Waals surface area contributed by atoms with Crippen molar-refractivity contribution in [1.82, 2.24) is 10.2 Å². The molecule has 0 spiro atoms. The van der Waals surface area contributed by atoms with E-state index in [-0.39, 0.29) is 18.8 Å². The third kappa shape index (κ3) is 5.23. The predicted octanol–water partition coefficient (Wildman–Crippen LogP) is 2.48. The van der Waals surface area contributed by atoms with Crippen LogP contribution in [0.2, 0.25) is 0 Å². The molecule has 0 unspecified atom stereocenters. The Morgan fingerprint density at radius 1 is 1.11 bits per heavy atom. The maximum Gasteiger partial charge on any atom is 0.411 e. The first kappa shape index (κ1) is 19.7.